The molecule has 5 heteroatoms. The Labute approximate surface area is 204 Å². The number of fused-ring (bicyclic) bond motifs is 1. The predicted molar refractivity (Wildman–Crippen MR) is 138 cm³/mol. The lowest BCUT2D eigenvalue weighted by molar-refractivity contribution is 0.0952. The van der Waals surface area contributed by atoms with Crippen molar-refractivity contribution in [2.24, 2.45) is 5.10 Å². The van der Waals surface area contributed by atoms with Gasteiger partial charge in [0.25, 0.3) is 5.91 Å². The van der Waals surface area contributed by atoms with Gasteiger partial charge in [0.1, 0.15) is 17.3 Å². The van der Waals surface area contributed by atoms with E-state index >= 15 is 0 Å². The van der Waals surface area contributed by atoms with Gasteiger partial charge >= 0.3 is 0 Å². The molecule has 0 unspecified atom stereocenters. The summed E-state index contributed by atoms with van der Waals surface area (Å²) in [4.78, 5) is 12.6. The van der Waals surface area contributed by atoms with Gasteiger partial charge in [-0.3, -0.25) is 4.79 Å². The van der Waals surface area contributed by atoms with Crippen LogP contribution in [0.3, 0.4) is 0 Å². The normalized spacial score (nSPS) is 14.9. The number of ether oxygens (including phenoxy) is 1. The lowest BCUT2D eigenvalue weighted by Gasteiger charge is -2.30. The third-order valence-electron chi connectivity index (χ3n) is 6.07. The van der Waals surface area contributed by atoms with Gasteiger partial charge in [-0.25, -0.2) is 5.43 Å². The average molecular weight is 461 g/mol. The minimum absolute atomic E-state index is 0.0999. The van der Waals surface area contributed by atoms with Crippen molar-refractivity contribution in [3.05, 3.63) is 137 Å². The van der Waals surface area contributed by atoms with Crippen molar-refractivity contribution in [3.8, 4) is 11.5 Å². The Balaban J connectivity index is 1.62. The van der Waals surface area contributed by atoms with E-state index in [0.29, 0.717) is 5.76 Å². The van der Waals surface area contributed by atoms with Crippen LogP contribution < -0.4 is 10.2 Å². The first-order chi connectivity index (χ1) is 17.1. The smallest absolute Gasteiger partial charge is 0.275 e. The molecule has 1 atom stereocenters. The van der Waals surface area contributed by atoms with Crippen molar-refractivity contribution >= 4 is 17.9 Å². The number of carbonyl (C=O) groups is 1. The molecule has 0 radical (unpaired) electrons. The largest absolute Gasteiger partial charge is 0.507 e. The number of hydrogen-bond donors (Lipinski definition) is 2. The summed E-state index contributed by atoms with van der Waals surface area (Å²) in [7, 11) is 0. The molecule has 1 heterocycles. The number of aryl methyl sites for hydroxylation is 1. The Morgan fingerprint density at radius 2 is 1.51 bits per heavy atom. The van der Waals surface area contributed by atoms with E-state index in [2.05, 4.69) is 35.7 Å². The molecule has 0 aromatic heterocycles. The van der Waals surface area contributed by atoms with Crippen LogP contribution in [0.1, 0.15) is 38.5 Å². The van der Waals surface area contributed by atoms with Crippen LogP contribution in [-0.2, 0) is 0 Å². The number of rotatable bonds is 5. The average Bonchev–Trinajstić information content (AvgIpc) is 2.89. The molecule has 172 valence electrons. The Kier molecular flexibility index (Phi) is 6.14. The maximum Gasteiger partial charge on any atom is 0.275 e. The van der Waals surface area contributed by atoms with E-state index in [1.54, 1.807) is 24.4 Å². The highest BCUT2D eigenvalue weighted by molar-refractivity contribution is 5.98. The van der Waals surface area contributed by atoms with E-state index in [4.69, 9.17) is 4.74 Å². The van der Waals surface area contributed by atoms with Crippen molar-refractivity contribution in [3.63, 3.8) is 0 Å². The minimum Gasteiger partial charge on any atom is -0.507 e. The fourth-order valence-corrected chi connectivity index (χ4v) is 4.36. The summed E-state index contributed by atoms with van der Waals surface area (Å²) in [5.74, 6) is 0.720. The van der Waals surface area contributed by atoms with Crippen molar-refractivity contribution in [1.29, 1.82) is 0 Å². The quantitative estimate of drug-likeness (QED) is 0.281. The fourth-order valence-electron chi connectivity index (χ4n) is 4.36. The Hall–Kier alpha value is -4.64. The van der Waals surface area contributed by atoms with Gasteiger partial charge in [-0.15, -0.1) is 0 Å². The van der Waals surface area contributed by atoms with Gasteiger partial charge in [-0.05, 0) is 36.2 Å². The van der Waals surface area contributed by atoms with Crippen LogP contribution in [0.2, 0.25) is 0 Å². The van der Waals surface area contributed by atoms with E-state index in [-0.39, 0.29) is 17.2 Å². The zero-order valence-electron chi connectivity index (χ0n) is 19.2. The van der Waals surface area contributed by atoms with Crippen molar-refractivity contribution in [1.82, 2.24) is 5.43 Å². The Morgan fingerprint density at radius 1 is 0.857 bits per heavy atom. The van der Waals surface area contributed by atoms with Crippen LogP contribution in [-0.4, -0.2) is 17.2 Å². The Morgan fingerprint density at radius 3 is 2.29 bits per heavy atom. The molecular weight excluding hydrogens is 436 g/mol. The summed E-state index contributed by atoms with van der Waals surface area (Å²) < 4.78 is 6.42. The highest BCUT2D eigenvalue weighted by Crippen LogP contribution is 2.45. The molecule has 4 aromatic rings. The number of phenolic OH excluding ortho intramolecular Hbond substituents is 1. The molecule has 1 amide bonds. The zero-order valence-corrected chi connectivity index (χ0v) is 19.2. The molecule has 0 spiro atoms. The second-order valence-electron chi connectivity index (χ2n) is 8.30. The van der Waals surface area contributed by atoms with E-state index in [1.165, 1.54) is 6.07 Å². The SMILES string of the molecule is Cc1ccccc1[C@@H]1C(/C=N\NC(=O)c2ccccc2O)=C(c2ccccc2)Oc2ccccc21. The molecule has 1 aliphatic rings. The lowest BCUT2D eigenvalue weighted by Crippen LogP contribution is -2.21. The number of hydrogen-bond acceptors (Lipinski definition) is 4. The number of hydrazone groups is 1. The summed E-state index contributed by atoms with van der Waals surface area (Å²) in [6.07, 6.45) is 1.65. The molecule has 5 rings (SSSR count). The number of benzene rings is 4. The fraction of sp³-hybridized carbons (Fsp3) is 0.0667. The van der Waals surface area contributed by atoms with Gasteiger partial charge in [0.05, 0.1) is 11.8 Å². The topological polar surface area (TPSA) is 70.9 Å². The molecule has 0 aliphatic carbocycles. The van der Waals surface area contributed by atoms with Gasteiger partial charge in [-0.2, -0.15) is 5.10 Å². The third kappa shape index (κ3) is 4.44. The molecule has 0 saturated carbocycles. The molecule has 35 heavy (non-hydrogen) atoms. The molecule has 0 bridgehead atoms. The summed E-state index contributed by atoms with van der Waals surface area (Å²) in [6.45, 7) is 2.09. The lowest BCUT2D eigenvalue weighted by atomic mass is 9.80. The van der Waals surface area contributed by atoms with Gasteiger partial charge in [-0.1, -0.05) is 84.9 Å². The summed E-state index contributed by atoms with van der Waals surface area (Å²) in [5.41, 5.74) is 7.74. The van der Waals surface area contributed by atoms with Crippen LogP contribution in [0.4, 0.5) is 0 Å². The van der Waals surface area contributed by atoms with Crippen LogP contribution in [0.5, 0.6) is 11.5 Å². The molecule has 1 aliphatic heterocycles. The maximum atomic E-state index is 12.6. The predicted octanol–water partition coefficient (Wildman–Crippen LogP) is 6.05. The van der Waals surface area contributed by atoms with Gasteiger partial charge in [0, 0.05) is 22.6 Å². The number of nitrogens with zero attached hydrogens (tertiary/aromatic N) is 1. The minimum atomic E-state index is -0.495. The monoisotopic (exact) mass is 460 g/mol. The maximum absolute atomic E-state index is 12.6. The van der Waals surface area contributed by atoms with Crippen molar-refractivity contribution in [2.45, 2.75) is 12.8 Å². The molecule has 0 saturated heterocycles. The molecule has 2 N–H and O–H groups in total. The van der Waals surface area contributed by atoms with Crippen molar-refractivity contribution < 1.29 is 14.6 Å². The van der Waals surface area contributed by atoms with Crippen LogP contribution in [0, 0.1) is 6.92 Å². The summed E-state index contributed by atoms with van der Waals surface area (Å²) in [5, 5.41) is 14.3. The standard InChI is InChI=1S/C30H24N2O3/c1-20-11-5-6-14-22(20)28-24-16-8-10-18-27(24)35-29(21-12-3-2-4-13-21)25(28)19-31-32-30(34)23-15-7-9-17-26(23)33/h2-19,28,33H,1H3,(H,32,34)/b31-19-/t28-/m0/s1. The van der Waals surface area contributed by atoms with Gasteiger partial charge < -0.3 is 9.84 Å². The second kappa shape index (κ2) is 9.69. The van der Waals surface area contributed by atoms with E-state index < -0.39 is 5.91 Å². The summed E-state index contributed by atoms with van der Waals surface area (Å²) >= 11 is 0. The van der Waals surface area contributed by atoms with Crippen LogP contribution in [0.15, 0.2) is 114 Å². The number of phenols is 1. The first-order valence-corrected chi connectivity index (χ1v) is 11.4. The first-order valence-electron chi connectivity index (χ1n) is 11.4. The molecule has 5 nitrogen and oxygen atoms in total. The first kappa shape index (κ1) is 22.2. The van der Waals surface area contributed by atoms with E-state index in [1.807, 2.05) is 60.7 Å². The zero-order chi connectivity index (χ0) is 24.2. The highest BCUT2D eigenvalue weighted by atomic mass is 16.5. The van der Waals surface area contributed by atoms with Crippen molar-refractivity contribution in [2.75, 3.05) is 0 Å². The summed E-state index contributed by atoms with van der Waals surface area (Å²) in [6, 6.07) is 32.5. The number of aromatic hydroxyl groups is 1. The number of carbonyl (C=O) groups excluding carboxylic acids is 1. The number of amides is 1. The second-order valence-corrected chi connectivity index (χ2v) is 8.30. The molecular formula is C30H24N2O3. The number of nitrogens with one attached hydrogen (secondary N) is 1. The van der Waals surface area contributed by atoms with Gasteiger partial charge in [0.2, 0.25) is 0 Å². The van der Waals surface area contributed by atoms with Crippen LogP contribution in [0.25, 0.3) is 5.76 Å². The van der Waals surface area contributed by atoms with Gasteiger partial charge in [0.15, 0.2) is 0 Å². The number of allylic oxidation sites excluding steroid dienone is 1. The number of para-hydroxylation sites is 2. The molecule has 4 aromatic carbocycles. The highest BCUT2D eigenvalue weighted by Gasteiger charge is 2.31. The van der Waals surface area contributed by atoms with Crippen LogP contribution >= 0.6 is 0 Å². The Bertz CT molecular complexity index is 1440. The molecule has 0 fully saturated rings. The third-order valence-corrected chi connectivity index (χ3v) is 6.07. The van der Waals surface area contributed by atoms with E-state index in [9.17, 15) is 9.90 Å². The van der Waals surface area contributed by atoms with E-state index in [0.717, 1.165) is 33.6 Å².